The molecule has 1 aliphatic carbocycles. The third-order valence-electron chi connectivity index (χ3n) is 1.97. The quantitative estimate of drug-likeness (QED) is 0.321. The fourth-order valence-corrected chi connectivity index (χ4v) is 1.16. The number of hydrogen-bond acceptors (Lipinski definition) is 2. The average Bonchev–Trinajstić information content (AvgIpc) is 2.18. The van der Waals surface area contributed by atoms with E-state index >= 15 is 0 Å². The molecule has 0 aromatic rings. The normalized spacial score (nSPS) is 12.4. The van der Waals surface area contributed by atoms with E-state index < -0.39 is 0 Å². The SMILES string of the molecule is CN(CCO)C1=CCC(=[N+]=[N-])C=C1.[Cl-].[Cl-].[Zn+2]. The minimum Gasteiger partial charge on any atom is -1.00 e. The molecule has 0 heterocycles. The molecule has 0 aromatic heterocycles. The Labute approximate surface area is 121 Å². The molecular formula is C9H13Cl2N3OZn. The van der Waals surface area contributed by atoms with Gasteiger partial charge in [0.1, 0.15) is 0 Å². The number of allylic oxidation sites excluding steroid dienone is 3. The number of aliphatic hydroxyl groups excluding tert-OH is 1. The second-order valence-electron chi connectivity index (χ2n) is 2.90. The van der Waals surface area contributed by atoms with Gasteiger partial charge in [0.2, 0.25) is 0 Å². The van der Waals surface area contributed by atoms with Crippen molar-refractivity contribution in [1.29, 1.82) is 0 Å². The fraction of sp³-hybridized carbons (Fsp3) is 0.444. The van der Waals surface area contributed by atoms with Crippen LogP contribution in [0.2, 0.25) is 0 Å². The van der Waals surface area contributed by atoms with E-state index in [1.165, 1.54) is 0 Å². The predicted octanol–water partition coefficient (Wildman–Crippen LogP) is -5.57. The Morgan fingerprint density at radius 1 is 1.44 bits per heavy atom. The monoisotopic (exact) mass is 313 g/mol. The molecule has 0 amide bonds. The van der Waals surface area contributed by atoms with Crippen LogP contribution in [-0.4, -0.2) is 40.7 Å². The Morgan fingerprint density at radius 2 is 2.06 bits per heavy atom. The van der Waals surface area contributed by atoms with Crippen LogP contribution in [0.5, 0.6) is 0 Å². The first-order chi connectivity index (χ1) is 6.27. The zero-order chi connectivity index (χ0) is 9.68. The van der Waals surface area contributed by atoms with E-state index in [4.69, 9.17) is 10.6 Å². The summed E-state index contributed by atoms with van der Waals surface area (Å²) in [5.74, 6) is 0. The number of likely N-dealkylation sites (N-methyl/N-ethyl adjacent to an activating group) is 1. The van der Waals surface area contributed by atoms with E-state index in [0.29, 0.717) is 18.7 Å². The molecule has 0 saturated heterocycles. The average molecular weight is 316 g/mol. The van der Waals surface area contributed by atoms with Gasteiger partial charge in [0.05, 0.1) is 13.0 Å². The van der Waals surface area contributed by atoms with Crippen LogP contribution in [0.25, 0.3) is 5.53 Å². The van der Waals surface area contributed by atoms with Crippen LogP contribution in [0.4, 0.5) is 0 Å². The summed E-state index contributed by atoms with van der Waals surface area (Å²) < 4.78 is 0. The van der Waals surface area contributed by atoms with Gasteiger partial charge in [0.25, 0.3) is 5.71 Å². The number of rotatable bonds is 3. The summed E-state index contributed by atoms with van der Waals surface area (Å²) in [5.41, 5.74) is 10.2. The van der Waals surface area contributed by atoms with Gasteiger partial charge in [-0.2, -0.15) is 4.79 Å². The minimum absolute atomic E-state index is 0. The molecule has 1 rings (SSSR count). The standard InChI is InChI=1S/C9H13N3O.2ClH.Zn/c1-12(6-7-13)9-4-2-8(11-10)3-5-9;;;/h2,4-5,13H,3,6-7H2,1H3;2*1H;/q;;;+2/p-2. The van der Waals surface area contributed by atoms with Crippen molar-refractivity contribution in [3.8, 4) is 0 Å². The fourth-order valence-electron chi connectivity index (χ4n) is 1.16. The Kier molecular flexibility index (Phi) is 15.0. The van der Waals surface area contributed by atoms with Crippen LogP contribution in [-0.2, 0) is 19.5 Å². The van der Waals surface area contributed by atoms with Crippen LogP contribution in [0.3, 0.4) is 0 Å². The molecule has 0 unspecified atom stereocenters. The number of aliphatic hydroxyl groups is 1. The first-order valence-corrected chi connectivity index (χ1v) is 4.19. The summed E-state index contributed by atoms with van der Waals surface area (Å²) >= 11 is 0. The van der Waals surface area contributed by atoms with Crippen LogP contribution in [0.1, 0.15) is 6.42 Å². The van der Waals surface area contributed by atoms with Crippen molar-refractivity contribution in [2.45, 2.75) is 6.42 Å². The van der Waals surface area contributed by atoms with Crippen molar-refractivity contribution >= 4 is 5.71 Å². The molecule has 0 spiro atoms. The molecular weight excluding hydrogens is 302 g/mol. The summed E-state index contributed by atoms with van der Waals surface area (Å²) in [6.45, 7) is 0.754. The minimum atomic E-state index is 0. The molecule has 0 saturated carbocycles. The third kappa shape index (κ3) is 6.42. The summed E-state index contributed by atoms with van der Waals surface area (Å²) in [4.78, 5) is 5.05. The molecule has 7 heteroatoms. The molecule has 1 aliphatic rings. The molecule has 4 nitrogen and oxygen atoms in total. The predicted molar refractivity (Wildman–Crippen MR) is 50.2 cm³/mol. The molecule has 1 N–H and O–H groups in total. The Bertz CT molecular complexity index is 301. The maximum atomic E-state index is 8.71. The number of hydrogen-bond donors (Lipinski definition) is 1. The van der Waals surface area contributed by atoms with E-state index in [1.54, 1.807) is 6.08 Å². The van der Waals surface area contributed by atoms with Gasteiger partial charge in [-0.1, -0.05) is 0 Å². The van der Waals surface area contributed by atoms with Crippen molar-refractivity contribution in [3.05, 3.63) is 29.5 Å². The Hall–Kier alpha value is -0.177. The van der Waals surface area contributed by atoms with Gasteiger partial charge in [0, 0.05) is 25.4 Å². The molecule has 0 radical (unpaired) electrons. The molecule has 0 aromatic carbocycles. The van der Waals surface area contributed by atoms with Gasteiger partial charge in [0.15, 0.2) is 0 Å². The number of nitrogens with zero attached hydrogens (tertiary/aromatic N) is 3. The summed E-state index contributed by atoms with van der Waals surface area (Å²) in [6.07, 6.45) is 6.24. The second kappa shape index (κ2) is 11.3. The van der Waals surface area contributed by atoms with Crippen LogP contribution < -0.4 is 24.8 Å². The second-order valence-corrected chi connectivity index (χ2v) is 2.90. The maximum Gasteiger partial charge on any atom is 2.00 e. The van der Waals surface area contributed by atoms with E-state index in [1.807, 2.05) is 24.1 Å². The van der Waals surface area contributed by atoms with Crippen molar-refractivity contribution in [1.82, 2.24) is 4.90 Å². The van der Waals surface area contributed by atoms with E-state index in [0.717, 1.165) is 5.70 Å². The van der Waals surface area contributed by atoms with Crippen LogP contribution >= 0.6 is 0 Å². The molecule has 0 fully saturated rings. The zero-order valence-corrected chi connectivity index (χ0v) is 13.6. The Balaban J connectivity index is -0.000000563. The summed E-state index contributed by atoms with van der Waals surface area (Å²) in [7, 11) is 1.91. The van der Waals surface area contributed by atoms with Crippen LogP contribution in [0, 0.1) is 0 Å². The van der Waals surface area contributed by atoms with Gasteiger partial charge in [-0.15, -0.1) is 0 Å². The smallest absolute Gasteiger partial charge is 1.00 e. The summed E-state index contributed by atoms with van der Waals surface area (Å²) in [6, 6.07) is 0. The van der Waals surface area contributed by atoms with Crippen molar-refractivity contribution in [2.24, 2.45) is 0 Å². The molecule has 0 atom stereocenters. The zero-order valence-electron chi connectivity index (χ0n) is 9.11. The maximum absolute atomic E-state index is 8.71. The molecule has 16 heavy (non-hydrogen) atoms. The van der Waals surface area contributed by atoms with Crippen molar-refractivity contribution < 1.29 is 54.2 Å². The summed E-state index contributed by atoms with van der Waals surface area (Å²) in [5, 5.41) is 8.71. The number of halogens is 2. The van der Waals surface area contributed by atoms with Gasteiger partial charge in [-0.05, 0) is 12.2 Å². The van der Waals surface area contributed by atoms with Gasteiger partial charge in [-0.25, -0.2) is 0 Å². The largest absolute Gasteiger partial charge is 2.00 e. The molecule has 86 valence electrons. The van der Waals surface area contributed by atoms with Crippen LogP contribution in [0.15, 0.2) is 23.9 Å². The van der Waals surface area contributed by atoms with Gasteiger partial charge < -0.3 is 40.4 Å². The molecule has 0 bridgehead atoms. The van der Waals surface area contributed by atoms with E-state index in [-0.39, 0.29) is 50.9 Å². The van der Waals surface area contributed by atoms with Gasteiger partial charge in [-0.3, -0.25) is 0 Å². The van der Waals surface area contributed by atoms with E-state index in [9.17, 15) is 0 Å². The van der Waals surface area contributed by atoms with Gasteiger partial charge >= 0.3 is 19.5 Å². The molecule has 0 aliphatic heterocycles. The van der Waals surface area contributed by atoms with E-state index in [2.05, 4.69) is 4.79 Å². The topological polar surface area (TPSA) is 59.9 Å². The Morgan fingerprint density at radius 3 is 2.44 bits per heavy atom. The van der Waals surface area contributed by atoms with Crippen molar-refractivity contribution in [3.63, 3.8) is 0 Å². The first-order valence-electron chi connectivity index (χ1n) is 4.19. The first kappa shape index (κ1) is 21.1. The van der Waals surface area contributed by atoms with Crippen molar-refractivity contribution in [2.75, 3.05) is 20.2 Å². The third-order valence-corrected chi connectivity index (χ3v) is 1.97.